The lowest BCUT2D eigenvalue weighted by atomic mass is 9.99. The molecule has 108 valence electrons. The normalized spacial score (nSPS) is 20.8. The molecule has 1 aliphatic heterocycles. The van der Waals surface area contributed by atoms with Crippen molar-refractivity contribution in [2.45, 2.75) is 25.9 Å². The SMILES string of the molecule is CCOCC1CCCN(c2ncc(C(F)(F)F)s2)C1. The Balaban J connectivity index is 1.99. The first-order valence-electron chi connectivity index (χ1n) is 6.36. The van der Waals surface area contributed by atoms with Crippen molar-refractivity contribution in [1.82, 2.24) is 4.98 Å². The molecule has 1 unspecified atom stereocenters. The number of hydrogen-bond donors (Lipinski definition) is 0. The molecule has 1 fully saturated rings. The molecule has 0 saturated carbocycles. The lowest BCUT2D eigenvalue weighted by Gasteiger charge is -2.32. The van der Waals surface area contributed by atoms with Crippen molar-refractivity contribution in [3.05, 3.63) is 11.1 Å². The van der Waals surface area contributed by atoms with E-state index < -0.39 is 11.1 Å². The standard InChI is InChI=1S/C12H17F3N2OS/c1-2-18-8-9-4-3-5-17(7-9)11-16-6-10(19-11)12(13,14)15/h6,9H,2-5,7-8H2,1H3. The maximum atomic E-state index is 12.5. The summed E-state index contributed by atoms with van der Waals surface area (Å²) in [4.78, 5) is 5.21. The summed E-state index contributed by atoms with van der Waals surface area (Å²) in [5.41, 5.74) is 0. The van der Waals surface area contributed by atoms with Crippen LogP contribution in [-0.4, -0.2) is 31.3 Å². The van der Waals surface area contributed by atoms with Gasteiger partial charge in [0.1, 0.15) is 4.88 Å². The minimum Gasteiger partial charge on any atom is -0.381 e. The monoisotopic (exact) mass is 294 g/mol. The molecule has 1 aromatic heterocycles. The van der Waals surface area contributed by atoms with Gasteiger partial charge >= 0.3 is 6.18 Å². The predicted molar refractivity (Wildman–Crippen MR) is 68.5 cm³/mol. The molecule has 0 aromatic carbocycles. The number of alkyl halides is 3. The van der Waals surface area contributed by atoms with E-state index in [4.69, 9.17) is 4.74 Å². The summed E-state index contributed by atoms with van der Waals surface area (Å²) in [7, 11) is 0. The van der Waals surface area contributed by atoms with Crippen LogP contribution in [0, 0.1) is 5.92 Å². The summed E-state index contributed by atoms with van der Waals surface area (Å²) < 4.78 is 43.0. The van der Waals surface area contributed by atoms with Crippen LogP contribution in [0.1, 0.15) is 24.6 Å². The average Bonchev–Trinajstić information content (AvgIpc) is 2.86. The van der Waals surface area contributed by atoms with E-state index in [1.165, 1.54) is 0 Å². The van der Waals surface area contributed by atoms with Crippen LogP contribution >= 0.6 is 11.3 Å². The maximum absolute atomic E-state index is 12.5. The van der Waals surface area contributed by atoms with Gasteiger partial charge in [-0.3, -0.25) is 0 Å². The minimum absolute atomic E-state index is 0.381. The molecule has 7 heteroatoms. The van der Waals surface area contributed by atoms with Crippen molar-refractivity contribution in [1.29, 1.82) is 0 Å². The van der Waals surface area contributed by atoms with Crippen LogP contribution in [0.5, 0.6) is 0 Å². The van der Waals surface area contributed by atoms with Gasteiger partial charge in [-0.05, 0) is 25.7 Å². The molecular formula is C12H17F3N2OS. The summed E-state index contributed by atoms with van der Waals surface area (Å²) in [6, 6.07) is 0. The van der Waals surface area contributed by atoms with Gasteiger partial charge in [-0.25, -0.2) is 4.98 Å². The molecule has 3 nitrogen and oxygen atoms in total. The van der Waals surface area contributed by atoms with E-state index in [0.717, 1.165) is 43.5 Å². The summed E-state index contributed by atoms with van der Waals surface area (Å²) in [5.74, 6) is 0.381. The fourth-order valence-electron chi connectivity index (χ4n) is 2.20. The van der Waals surface area contributed by atoms with Gasteiger partial charge in [0.05, 0.1) is 12.8 Å². The second-order valence-corrected chi connectivity index (χ2v) is 5.63. The number of ether oxygens (including phenoxy) is 1. The van der Waals surface area contributed by atoms with E-state index in [0.29, 0.717) is 24.3 Å². The summed E-state index contributed by atoms with van der Waals surface area (Å²) in [5, 5.41) is 0.466. The van der Waals surface area contributed by atoms with Gasteiger partial charge in [0.25, 0.3) is 0 Å². The third-order valence-corrected chi connectivity index (χ3v) is 4.22. The number of halogens is 3. The topological polar surface area (TPSA) is 25.4 Å². The first-order valence-corrected chi connectivity index (χ1v) is 7.18. The lowest BCUT2D eigenvalue weighted by Crippen LogP contribution is -2.37. The summed E-state index contributed by atoms with van der Waals surface area (Å²) in [6.45, 7) is 4.78. The average molecular weight is 294 g/mol. The van der Waals surface area contributed by atoms with Crippen molar-refractivity contribution in [3.8, 4) is 0 Å². The van der Waals surface area contributed by atoms with Gasteiger partial charge in [-0.15, -0.1) is 0 Å². The number of nitrogens with zero attached hydrogens (tertiary/aromatic N) is 2. The molecule has 1 aromatic rings. The zero-order valence-electron chi connectivity index (χ0n) is 10.7. The number of aromatic nitrogens is 1. The van der Waals surface area contributed by atoms with Crippen molar-refractivity contribution < 1.29 is 17.9 Å². The third kappa shape index (κ3) is 3.82. The van der Waals surface area contributed by atoms with Gasteiger partial charge in [-0.1, -0.05) is 11.3 Å². The van der Waals surface area contributed by atoms with Crippen LogP contribution in [0.2, 0.25) is 0 Å². The Morgan fingerprint density at radius 2 is 2.32 bits per heavy atom. The molecule has 2 heterocycles. The van der Waals surface area contributed by atoms with Gasteiger partial charge < -0.3 is 9.64 Å². The van der Waals surface area contributed by atoms with Gasteiger partial charge in [0, 0.05) is 19.7 Å². The van der Waals surface area contributed by atoms with Crippen LogP contribution in [0.15, 0.2) is 6.20 Å². The molecule has 0 N–H and O–H groups in total. The lowest BCUT2D eigenvalue weighted by molar-refractivity contribution is -0.134. The van der Waals surface area contributed by atoms with Crippen molar-refractivity contribution in [2.75, 3.05) is 31.2 Å². The Morgan fingerprint density at radius 1 is 1.53 bits per heavy atom. The van der Waals surface area contributed by atoms with Crippen molar-refractivity contribution >= 4 is 16.5 Å². The number of rotatable bonds is 4. The van der Waals surface area contributed by atoms with E-state index in [-0.39, 0.29) is 0 Å². The van der Waals surface area contributed by atoms with Crippen molar-refractivity contribution in [2.24, 2.45) is 5.92 Å². The number of thiazole rings is 1. The zero-order valence-corrected chi connectivity index (χ0v) is 11.6. The fraction of sp³-hybridized carbons (Fsp3) is 0.750. The highest BCUT2D eigenvalue weighted by molar-refractivity contribution is 7.15. The van der Waals surface area contributed by atoms with Crippen LogP contribution in [0.25, 0.3) is 0 Å². The molecule has 2 rings (SSSR count). The highest BCUT2D eigenvalue weighted by atomic mass is 32.1. The molecule has 1 aliphatic rings. The maximum Gasteiger partial charge on any atom is 0.427 e. The number of anilines is 1. The van der Waals surface area contributed by atoms with E-state index in [1.54, 1.807) is 0 Å². The highest BCUT2D eigenvalue weighted by Crippen LogP contribution is 2.37. The second-order valence-electron chi connectivity index (χ2n) is 4.62. The summed E-state index contributed by atoms with van der Waals surface area (Å²) in [6.07, 6.45) is -1.34. The first kappa shape index (κ1) is 14.6. The molecule has 19 heavy (non-hydrogen) atoms. The molecule has 1 saturated heterocycles. The number of piperidine rings is 1. The predicted octanol–water partition coefficient (Wildman–Crippen LogP) is 3.41. The Labute approximate surface area is 114 Å². The van der Waals surface area contributed by atoms with Crippen LogP contribution < -0.4 is 4.90 Å². The Kier molecular flexibility index (Phi) is 4.67. The van der Waals surface area contributed by atoms with E-state index in [1.807, 2.05) is 11.8 Å². The van der Waals surface area contributed by atoms with Crippen molar-refractivity contribution in [3.63, 3.8) is 0 Å². The summed E-state index contributed by atoms with van der Waals surface area (Å²) >= 11 is 0.721. The molecule has 0 amide bonds. The zero-order chi connectivity index (χ0) is 13.9. The fourth-order valence-corrected chi connectivity index (χ4v) is 3.02. The quantitative estimate of drug-likeness (QED) is 0.851. The Bertz CT molecular complexity index is 408. The smallest absolute Gasteiger partial charge is 0.381 e. The highest BCUT2D eigenvalue weighted by Gasteiger charge is 2.34. The Morgan fingerprint density at radius 3 is 2.95 bits per heavy atom. The van der Waals surface area contributed by atoms with Gasteiger partial charge in [0.2, 0.25) is 0 Å². The molecule has 0 aliphatic carbocycles. The minimum atomic E-state index is -4.30. The third-order valence-electron chi connectivity index (χ3n) is 3.12. The van der Waals surface area contributed by atoms with Gasteiger partial charge in [-0.2, -0.15) is 13.2 Å². The number of hydrogen-bond acceptors (Lipinski definition) is 4. The van der Waals surface area contributed by atoms with E-state index in [2.05, 4.69) is 4.98 Å². The molecule has 0 radical (unpaired) electrons. The van der Waals surface area contributed by atoms with E-state index >= 15 is 0 Å². The van der Waals surface area contributed by atoms with Crippen LogP contribution in [0.3, 0.4) is 0 Å². The second kappa shape index (κ2) is 6.09. The van der Waals surface area contributed by atoms with Gasteiger partial charge in [0.15, 0.2) is 5.13 Å². The molecule has 0 spiro atoms. The molecule has 0 bridgehead atoms. The largest absolute Gasteiger partial charge is 0.427 e. The molecule has 1 atom stereocenters. The first-order chi connectivity index (χ1) is 9.00. The van der Waals surface area contributed by atoms with Crippen LogP contribution in [-0.2, 0) is 10.9 Å². The Hall–Kier alpha value is -0.820. The van der Waals surface area contributed by atoms with E-state index in [9.17, 15) is 13.2 Å². The molecular weight excluding hydrogens is 277 g/mol. The van der Waals surface area contributed by atoms with Crippen LogP contribution in [0.4, 0.5) is 18.3 Å².